The van der Waals surface area contributed by atoms with E-state index < -0.39 is 5.97 Å². The molecule has 44 heavy (non-hydrogen) atoms. The van der Waals surface area contributed by atoms with Crippen molar-refractivity contribution in [2.45, 2.75) is 97.3 Å². The minimum Gasteiger partial charge on any atom is -0.494 e. The van der Waals surface area contributed by atoms with Crippen LogP contribution >= 0.6 is 0 Å². The monoisotopic (exact) mass is 594 g/mol. The summed E-state index contributed by atoms with van der Waals surface area (Å²) in [4.78, 5) is 11.5. The molecule has 3 aromatic rings. The van der Waals surface area contributed by atoms with Crippen LogP contribution < -0.4 is 4.74 Å². The maximum Gasteiger partial charge on any atom is 0.331 e. The van der Waals surface area contributed by atoms with Crippen LogP contribution in [-0.2, 0) is 11.2 Å². The molecule has 5 heteroatoms. The number of nitrogens with zero attached hydrogens (tertiary/aromatic N) is 2. The largest absolute Gasteiger partial charge is 0.494 e. The Morgan fingerprint density at radius 3 is 1.89 bits per heavy atom. The molecule has 3 aromatic carbocycles. The quantitative estimate of drug-likeness (QED) is 0.0577. The molecule has 234 valence electrons. The molecule has 3 rings (SSSR count). The summed E-state index contributed by atoms with van der Waals surface area (Å²) in [5.41, 5.74) is 5.49. The van der Waals surface area contributed by atoms with E-state index in [-0.39, 0.29) is 0 Å². The fourth-order valence-corrected chi connectivity index (χ4v) is 4.97. The highest BCUT2D eigenvalue weighted by molar-refractivity contribution is 5.87. The lowest BCUT2D eigenvalue weighted by Gasteiger charge is -2.07. The first-order valence-electron chi connectivity index (χ1n) is 16.4. The third-order valence-electron chi connectivity index (χ3n) is 7.81. The van der Waals surface area contributed by atoms with E-state index in [1.54, 1.807) is 6.92 Å². The van der Waals surface area contributed by atoms with Crippen LogP contribution in [0.4, 0.5) is 11.4 Å². The lowest BCUT2D eigenvalue weighted by atomic mass is 9.99. The number of benzene rings is 3. The molecule has 1 N–H and O–H groups in total. The van der Waals surface area contributed by atoms with E-state index in [4.69, 9.17) is 4.74 Å². The van der Waals surface area contributed by atoms with Gasteiger partial charge in [0.05, 0.1) is 18.0 Å². The Bertz CT molecular complexity index is 1310. The predicted octanol–water partition coefficient (Wildman–Crippen LogP) is 11.8. The number of rotatable bonds is 21. The predicted molar refractivity (Wildman–Crippen MR) is 183 cm³/mol. The van der Waals surface area contributed by atoms with Gasteiger partial charge in [-0.3, -0.25) is 0 Å². The summed E-state index contributed by atoms with van der Waals surface area (Å²) in [6.07, 6.45) is 18.9. The highest BCUT2D eigenvalue weighted by Gasteiger charge is 2.07. The number of allylic oxidation sites excluding steroid dienone is 2. The van der Waals surface area contributed by atoms with Gasteiger partial charge in [0.25, 0.3) is 0 Å². The highest BCUT2D eigenvalue weighted by atomic mass is 16.5. The van der Waals surface area contributed by atoms with Crippen molar-refractivity contribution in [3.8, 4) is 5.75 Å². The molecule has 0 saturated carbocycles. The van der Waals surface area contributed by atoms with Crippen molar-refractivity contribution in [1.29, 1.82) is 0 Å². The van der Waals surface area contributed by atoms with Crippen molar-refractivity contribution in [2.24, 2.45) is 10.2 Å². The number of hydrogen-bond donors (Lipinski definition) is 1. The van der Waals surface area contributed by atoms with E-state index in [0.29, 0.717) is 5.57 Å². The van der Waals surface area contributed by atoms with Crippen LogP contribution in [0.2, 0.25) is 0 Å². The number of carboxylic acid groups (broad SMARTS) is 1. The van der Waals surface area contributed by atoms with E-state index in [1.165, 1.54) is 56.9 Å². The van der Waals surface area contributed by atoms with Crippen LogP contribution in [0, 0.1) is 0 Å². The molecule has 0 radical (unpaired) electrons. The molecule has 0 unspecified atom stereocenters. The lowest BCUT2D eigenvalue weighted by molar-refractivity contribution is -0.132. The van der Waals surface area contributed by atoms with Crippen LogP contribution in [0.15, 0.2) is 106 Å². The molecular formula is C39H50N2O3. The minimum atomic E-state index is -0.835. The zero-order chi connectivity index (χ0) is 31.2. The van der Waals surface area contributed by atoms with Crippen LogP contribution in [0.3, 0.4) is 0 Å². The van der Waals surface area contributed by atoms with Crippen molar-refractivity contribution in [2.75, 3.05) is 6.61 Å². The summed E-state index contributed by atoms with van der Waals surface area (Å²) in [6, 6.07) is 26.2. The van der Waals surface area contributed by atoms with E-state index in [2.05, 4.69) is 29.3 Å². The molecule has 5 nitrogen and oxygen atoms in total. The Morgan fingerprint density at radius 2 is 1.30 bits per heavy atom. The number of carbonyl (C=O) groups is 1. The topological polar surface area (TPSA) is 71.2 Å². The number of hydrogen-bond acceptors (Lipinski definition) is 4. The second-order valence-corrected chi connectivity index (χ2v) is 11.4. The molecule has 0 saturated heterocycles. The maximum absolute atomic E-state index is 11.5. The summed E-state index contributed by atoms with van der Waals surface area (Å²) < 4.78 is 5.92. The number of azo groups is 1. The van der Waals surface area contributed by atoms with Gasteiger partial charge in [-0.25, -0.2) is 4.79 Å². The number of carboxylic acids is 1. The van der Waals surface area contributed by atoms with Gasteiger partial charge < -0.3 is 9.84 Å². The standard InChI is InChI=1S/C39H50N2O3/c1-3-4-17-34-22-25-36(26-23-34)40-41-37-27-29-38(30-28-37)44-31-16-11-9-7-5-6-8-10-15-20-35(32(2)39(42)43)24-21-33-18-13-12-14-19-33/h12-14,18-19,21-30H,3-11,15-17,20,31H2,1-2H3,(H,42,43). The third-order valence-corrected chi connectivity index (χ3v) is 7.81. The van der Waals surface area contributed by atoms with Crippen LogP contribution in [0.1, 0.15) is 102 Å². The number of aliphatic carboxylic acids is 1. The zero-order valence-corrected chi connectivity index (χ0v) is 26.7. The lowest BCUT2D eigenvalue weighted by Crippen LogP contribution is -2.00. The summed E-state index contributed by atoms with van der Waals surface area (Å²) in [6.45, 7) is 4.65. The molecule has 0 aliphatic rings. The van der Waals surface area contributed by atoms with Crippen LogP contribution in [0.5, 0.6) is 5.75 Å². The first kappa shape index (κ1) is 34.5. The summed E-state index contributed by atoms with van der Waals surface area (Å²) in [5, 5.41) is 18.2. The summed E-state index contributed by atoms with van der Waals surface area (Å²) in [7, 11) is 0. The molecule has 0 heterocycles. The molecule has 0 aliphatic carbocycles. The minimum absolute atomic E-state index is 0.444. The van der Waals surface area contributed by atoms with Gasteiger partial charge in [-0.05, 0) is 92.1 Å². The van der Waals surface area contributed by atoms with Crippen molar-refractivity contribution in [3.05, 3.63) is 107 Å². The Hall–Kier alpha value is -3.99. The van der Waals surface area contributed by atoms with Crippen molar-refractivity contribution >= 4 is 23.4 Å². The third kappa shape index (κ3) is 14.0. The fourth-order valence-electron chi connectivity index (χ4n) is 4.97. The van der Waals surface area contributed by atoms with E-state index in [0.717, 1.165) is 67.0 Å². The smallest absolute Gasteiger partial charge is 0.331 e. The summed E-state index contributed by atoms with van der Waals surface area (Å²) in [5.74, 6) is 0.0371. The number of ether oxygens (including phenoxy) is 1. The van der Waals surface area contributed by atoms with Crippen LogP contribution in [0.25, 0.3) is 6.08 Å². The SMILES string of the molecule is CCCCc1ccc(N=Nc2ccc(OCCCCCCCCCCCC(C=Cc3ccccc3)=C(C)C(=O)O)cc2)cc1. The van der Waals surface area contributed by atoms with E-state index in [1.807, 2.05) is 78.9 Å². The maximum atomic E-state index is 11.5. The van der Waals surface area contributed by atoms with Gasteiger partial charge in [-0.15, -0.1) is 0 Å². The second-order valence-electron chi connectivity index (χ2n) is 11.4. The Labute approximate surface area is 264 Å². The van der Waals surface area contributed by atoms with Gasteiger partial charge in [0.15, 0.2) is 0 Å². The molecule has 0 spiro atoms. The normalized spacial score (nSPS) is 12.1. The van der Waals surface area contributed by atoms with Gasteiger partial charge >= 0.3 is 5.97 Å². The highest BCUT2D eigenvalue weighted by Crippen LogP contribution is 2.23. The van der Waals surface area contributed by atoms with E-state index >= 15 is 0 Å². The molecular weight excluding hydrogens is 544 g/mol. The Morgan fingerprint density at radius 1 is 0.727 bits per heavy atom. The molecule has 0 aliphatic heterocycles. The van der Waals surface area contributed by atoms with Crippen LogP contribution in [-0.4, -0.2) is 17.7 Å². The van der Waals surface area contributed by atoms with Gasteiger partial charge in [-0.1, -0.05) is 113 Å². The number of unbranched alkanes of at least 4 members (excludes halogenated alkanes) is 9. The zero-order valence-electron chi connectivity index (χ0n) is 26.7. The number of aryl methyl sites for hydroxylation is 1. The molecule has 0 aromatic heterocycles. The second kappa shape index (κ2) is 20.8. The molecule has 0 fully saturated rings. The average Bonchev–Trinajstić information content (AvgIpc) is 3.05. The van der Waals surface area contributed by atoms with E-state index in [9.17, 15) is 9.90 Å². The van der Waals surface area contributed by atoms with Crippen molar-refractivity contribution in [3.63, 3.8) is 0 Å². The molecule has 0 bridgehead atoms. The Kier molecular flexibility index (Phi) is 16.3. The van der Waals surface area contributed by atoms with Gasteiger partial charge in [0.1, 0.15) is 5.75 Å². The first-order chi connectivity index (χ1) is 21.5. The summed E-state index contributed by atoms with van der Waals surface area (Å²) >= 11 is 0. The van der Waals surface area contributed by atoms with Crippen molar-refractivity contribution in [1.82, 2.24) is 0 Å². The fraction of sp³-hybridized carbons (Fsp3) is 0.410. The first-order valence-corrected chi connectivity index (χ1v) is 16.4. The Balaban J connectivity index is 1.21. The van der Waals surface area contributed by atoms with Crippen molar-refractivity contribution < 1.29 is 14.6 Å². The average molecular weight is 595 g/mol. The molecule has 0 amide bonds. The molecule has 0 atom stereocenters. The van der Waals surface area contributed by atoms with Gasteiger partial charge in [-0.2, -0.15) is 10.2 Å². The van der Waals surface area contributed by atoms with Gasteiger partial charge in [0.2, 0.25) is 0 Å². The van der Waals surface area contributed by atoms with Gasteiger partial charge in [0, 0.05) is 5.57 Å².